The number of allylic oxidation sites excluding steroid dienone is 2. The van der Waals surface area contributed by atoms with Gasteiger partial charge in [-0.2, -0.15) is 0 Å². The number of aliphatic hydroxyl groups excluding tert-OH is 1. The number of aliphatic carboxylic acids is 1. The van der Waals surface area contributed by atoms with Crippen LogP contribution in [0.4, 0.5) is 0 Å². The minimum atomic E-state index is -1.64. The van der Waals surface area contributed by atoms with Crippen molar-refractivity contribution in [3.05, 3.63) is 36.0 Å². The van der Waals surface area contributed by atoms with Crippen molar-refractivity contribution in [1.29, 1.82) is 0 Å². The van der Waals surface area contributed by atoms with E-state index in [1.54, 1.807) is 19.1 Å². The molecule has 0 saturated carbocycles. The van der Waals surface area contributed by atoms with Gasteiger partial charge in [0.05, 0.1) is 36.7 Å². The fraction of sp³-hybridized carbons (Fsp3) is 0.679. The van der Waals surface area contributed by atoms with E-state index in [0.29, 0.717) is 6.42 Å². The number of carboxylic acid groups (broad SMARTS) is 1. The lowest BCUT2D eigenvalue weighted by Gasteiger charge is -2.43. The Labute approximate surface area is 235 Å². The van der Waals surface area contributed by atoms with E-state index in [0.717, 1.165) is 12.0 Å². The number of carbonyl (C=O) groups is 3. The first-order chi connectivity index (χ1) is 18.2. The third-order valence-electron chi connectivity index (χ3n) is 7.06. The van der Waals surface area contributed by atoms with Crippen molar-refractivity contribution in [2.24, 2.45) is 5.92 Å². The van der Waals surface area contributed by atoms with Crippen molar-refractivity contribution in [2.45, 2.75) is 109 Å². The molecule has 0 aromatic heterocycles. The summed E-state index contributed by atoms with van der Waals surface area (Å²) in [6, 6.07) is -0.160. The molecule has 0 radical (unpaired) electrons. The number of carbonyl (C=O) groups excluding carboxylic acids is 2. The number of aliphatic hydroxyl groups is 2. The molecular weight excluding hydrogens is 530 g/mol. The highest BCUT2D eigenvalue weighted by molar-refractivity contribution is 6.18. The molecular formula is C28H42ClNO9. The SMILES string of the molecule is CC(=O)OC(C)/C=C/C(=O)N[C@@H]1C[C@H](C)[C@H](C/C=C(C)/C=C/[C@H]2O[C@H](CC(=O)O)C[C@@](O)(CCl)[C@@H]2O)O[C@@H]1C. The monoisotopic (exact) mass is 571 g/mol. The Morgan fingerprint density at radius 1 is 1.21 bits per heavy atom. The zero-order valence-electron chi connectivity index (χ0n) is 23.2. The average molecular weight is 572 g/mol. The lowest BCUT2D eigenvalue weighted by Crippen LogP contribution is -2.58. The Morgan fingerprint density at radius 2 is 1.90 bits per heavy atom. The molecule has 1 unspecified atom stereocenters. The molecule has 4 N–H and O–H groups in total. The zero-order valence-corrected chi connectivity index (χ0v) is 24.0. The number of amides is 1. The standard InChI is InChI=1S/C28H42ClNO9/c1-16(7-10-24-27(35)28(36,15-29)14-21(39-24)13-26(33)34)6-9-23-17(2)12-22(19(4)38-23)30-25(32)11-8-18(3)37-20(5)31/h6-8,10-11,17-19,21-24,27,35-36H,9,12-15H2,1-5H3,(H,30,32)(H,33,34)/b10-7+,11-8+,16-6+/t17-,18?,19+,21+,22+,23-,24+,27+,28+/m0/s1. The first kappa shape index (κ1) is 33.0. The van der Waals surface area contributed by atoms with E-state index in [2.05, 4.69) is 12.2 Å². The Kier molecular flexibility index (Phi) is 12.6. The summed E-state index contributed by atoms with van der Waals surface area (Å²) in [5.41, 5.74) is -0.761. The van der Waals surface area contributed by atoms with Gasteiger partial charge in [0.25, 0.3) is 0 Å². The number of halogens is 1. The average Bonchev–Trinajstić information content (AvgIpc) is 2.84. The lowest BCUT2D eigenvalue weighted by molar-refractivity contribution is -0.197. The van der Waals surface area contributed by atoms with E-state index in [9.17, 15) is 24.6 Å². The molecule has 39 heavy (non-hydrogen) atoms. The van der Waals surface area contributed by atoms with Crippen molar-refractivity contribution < 1.29 is 43.9 Å². The lowest BCUT2D eigenvalue weighted by atomic mass is 9.84. The predicted octanol–water partition coefficient (Wildman–Crippen LogP) is 2.65. The van der Waals surface area contributed by atoms with Gasteiger partial charge in [0, 0.05) is 19.4 Å². The summed E-state index contributed by atoms with van der Waals surface area (Å²) in [7, 11) is 0. The third-order valence-corrected chi connectivity index (χ3v) is 7.52. The Morgan fingerprint density at radius 3 is 2.51 bits per heavy atom. The van der Waals surface area contributed by atoms with Gasteiger partial charge in [0.2, 0.25) is 5.91 Å². The van der Waals surface area contributed by atoms with Crippen molar-refractivity contribution >= 4 is 29.4 Å². The summed E-state index contributed by atoms with van der Waals surface area (Å²) < 4.78 is 16.9. The van der Waals surface area contributed by atoms with Crippen LogP contribution in [0, 0.1) is 5.92 Å². The smallest absolute Gasteiger partial charge is 0.305 e. The van der Waals surface area contributed by atoms with Crippen LogP contribution in [-0.4, -0.2) is 87.3 Å². The first-order valence-electron chi connectivity index (χ1n) is 13.2. The summed E-state index contributed by atoms with van der Waals surface area (Å²) in [6.07, 6.45) is 5.52. The fourth-order valence-corrected chi connectivity index (χ4v) is 5.12. The van der Waals surface area contributed by atoms with Crippen LogP contribution in [0.3, 0.4) is 0 Å². The predicted molar refractivity (Wildman–Crippen MR) is 145 cm³/mol. The van der Waals surface area contributed by atoms with Gasteiger partial charge in [-0.15, -0.1) is 11.6 Å². The fourth-order valence-electron chi connectivity index (χ4n) is 4.85. The van der Waals surface area contributed by atoms with Gasteiger partial charge in [0.15, 0.2) is 0 Å². The highest BCUT2D eigenvalue weighted by Crippen LogP contribution is 2.33. The number of alkyl halides is 1. The van der Waals surface area contributed by atoms with Crippen LogP contribution in [0.2, 0.25) is 0 Å². The summed E-state index contributed by atoms with van der Waals surface area (Å²) in [5, 5.41) is 33.3. The van der Waals surface area contributed by atoms with E-state index in [4.69, 9.17) is 30.9 Å². The number of hydrogen-bond acceptors (Lipinski definition) is 8. The Balaban J connectivity index is 1.93. The van der Waals surface area contributed by atoms with Crippen molar-refractivity contribution in [3.63, 3.8) is 0 Å². The van der Waals surface area contributed by atoms with E-state index in [-0.39, 0.29) is 48.8 Å². The molecule has 0 bridgehead atoms. The van der Waals surface area contributed by atoms with Crippen LogP contribution in [-0.2, 0) is 28.6 Å². The van der Waals surface area contributed by atoms with Crippen molar-refractivity contribution in [3.8, 4) is 0 Å². The molecule has 0 aromatic rings. The molecule has 11 heteroatoms. The summed E-state index contributed by atoms with van der Waals surface area (Å²) in [4.78, 5) is 34.4. The van der Waals surface area contributed by atoms with Gasteiger partial charge in [-0.3, -0.25) is 14.4 Å². The van der Waals surface area contributed by atoms with Crippen LogP contribution in [0.25, 0.3) is 0 Å². The quantitative estimate of drug-likeness (QED) is 0.127. The number of nitrogens with one attached hydrogen (secondary N) is 1. The van der Waals surface area contributed by atoms with Crippen LogP contribution in [0.15, 0.2) is 36.0 Å². The molecule has 2 aliphatic rings. The van der Waals surface area contributed by atoms with Gasteiger partial charge < -0.3 is 34.8 Å². The topological polar surface area (TPSA) is 152 Å². The second-order valence-corrected chi connectivity index (χ2v) is 10.9. The molecule has 10 nitrogen and oxygen atoms in total. The maximum atomic E-state index is 12.3. The molecule has 2 saturated heterocycles. The Hall–Kier alpha value is -2.24. The maximum absolute atomic E-state index is 12.3. The minimum Gasteiger partial charge on any atom is -0.481 e. The second kappa shape index (κ2) is 14.9. The van der Waals surface area contributed by atoms with E-state index in [1.807, 2.05) is 19.9 Å². The molecule has 9 atom stereocenters. The number of esters is 1. The van der Waals surface area contributed by atoms with Gasteiger partial charge in [-0.1, -0.05) is 30.7 Å². The zero-order chi connectivity index (χ0) is 29.3. The van der Waals surface area contributed by atoms with E-state index < -0.39 is 42.0 Å². The number of hydrogen-bond donors (Lipinski definition) is 4. The largest absolute Gasteiger partial charge is 0.481 e. The molecule has 1 amide bonds. The van der Waals surface area contributed by atoms with Crippen molar-refractivity contribution in [2.75, 3.05) is 5.88 Å². The van der Waals surface area contributed by atoms with Crippen LogP contribution < -0.4 is 5.32 Å². The Bertz CT molecular complexity index is 951. The van der Waals surface area contributed by atoms with Crippen LogP contribution >= 0.6 is 11.6 Å². The second-order valence-electron chi connectivity index (χ2n) is 10.6. The van der Waals surface area contributed by atoms with Gasteiger partial charge in [0.1, 0.15) is 23.9 Å². The molecule has 0 aromatic carbocycles. The summed E-state index contributed by atoms with van der Waals surface area (Å²) >= 11 is 5.88. The van der Waals surface area contributed by atoms with E-state index >= 15 is 0 Å². The van der Waals surface area contributed by atoms with Crippen molar-refractivity contribution in [1.82, 2.24) is 5.32 Å². The highest BCUT2D eigenvalue weighted by atomic mass is 35.5. The molecule has 0 aliphatic carbocycles. The molecule has 2 heterocycles. The summed E-state index contributed by atoms with van der Waals surface area (Å²) in [5.74, 6) is -1.82. The van der Waals surface area contributed by atoms with Crippen LogP contribution in [0.5, 0.6) is 0 Å². The number of rotatable bonds is 11. The first-order valence-corrected chi connectivity index (χ1v) is 13.8. The molecule has 220 valence electrons. The molecule has 2 rings (SSSR count). The highest BCUT2D eigenvalue weighted by Gasteiger charge is 2.47. The van der Waals surface area contributed by atoms with Gasteiger partial charge in [-0.05, 0) is 45.6 Å². The van der Waals surface area contributed by atoms with Gasteiger partial charge >= 0.3 is 11.9 Å². The number of carboxylic acids is 1. The van der Waals surface area contributed by atoms with Crippen LogP contribution in [0.1, 0.15) is 60.3 Å². The van der Waals surface area contributed by atoms with Gasteiger partial charge in [-0.25, -0.2) is 0 Å². The summed E-state index contributed by atoms with van der Waals surface area (Å²) in [6.45, 7) is 8.85. The number of ether oxygens (including phenoxy) is 3. The minimum absolute atomic E-state index is 0.0613. The molecule has 2 aliphatic heterocycles. The molecule has 0 spiro atoms. The van der Waals surface area contributed by atoms with E-state index in [1.165, 1.54) is 19.1 Å². The maximum Gasteiger partial charge on any atom is 0.305 e. The third kappa shape index (κ3) is 10.3. The molecule has 2 fully saturated rings. The normalized spacial score (nSPS) is 34.7.